The van der Waals surface area contributed by atoms with Crippen LogP contribution < -0.4 is 27.5 Å². The first-order valence-electron chi connectivity index (χ1n) is 43.2. The first-order valence-corrected chi connectivity index (χ1v) is 47.2. The van der Waals surface area contributed by atoms with E-state index in [1.165, 1.54) is 180 Å². The summed E-state index contributed by atoms with van der Waals surface area (Å²) in [6, 6.07) is 28.3. The Morgan fingerprint density at radius 3 is 0.927 bits per heavy atom. The zero-order valence-corrected chi connectivity index (χ0v) is 69.6. The summed E-state index contributed by atoms with van der Waals surface area (Å²) in [7, 11) is -11.8. The Bertz CT molecular complexity index is 4240. The van der Waals surface area contributed by atoms with Gasteiger partial charge in [-0.05, 0) is 187 Å². The summed E-state index contributed by atoms with van der Waals surface area (Å²) in [6.45, 7) is 10.1. The van der Waals surface area contributed by atoms with E-state index in [-0.39, 0.29) is 53.0 Å². The fraction of sp³-hybridized carbons (Fsp3) is 0.690. The molecule has 9 fully saturated rings. The predicted molar refractivity (Wildman–Crippen MR) is 443 cm³/mol. The minimum Gasteiger partial charge on any atom is -0.320 e. The van der Waals surface area contributed by atoms with Crippen LogP contribution in [0.25, 0.3) is 33.1 Å². The maximum atomic E-state index is 14.0. The number of benzene rings is 3. The molecule has 6 aromatic rings. The number of halogens is 1. The molecule has 3 aromatic heterocycles. The summed E-state index contributed by atoms with van der Waals surface area (Å²) in [5.41, 5.74) is 2.63. The minimum absolute atomic E-state index is 0.0548. The second-order valence-corrected chi connectivity index (χ2v) is 37.2. The van der Waals surface area contributed by atoms with Crippen LogP contribution in [0.1, 0.15) is 287 Å². The number of rotatable bonds is 18. The summed E-state index contributed by atoms with van der Waals surface area (Å²) in [4.78, 5) is 81.5. The summed E-state index contributed by atoms with van der Waals surface area (Å²) in [5.74, 6) is 0. The number of hydrogen-bond acceptors (Lipinski definition) is 17. The Balaban J connectivity index is 0.000000164. The van der Waals surface area contributed by atoms with Gasteiger partial charge in [0.1, 0.15) is 0 Å². The summed E-state index contributed by atoms with van der Waals surface area (Å²) in [6.07, 6.45) is 53.2. The van der Waals surface area contributed by atoms with E-state index < -0.39 is 34.0 Å². The van der Waals surface area contributed by atoms with Crippen LogP contribution in [-0.2, 0) is 36.3 Å². The molecule has 9 heterocycles. The van der Waals surface area contributed by atoms with Gasteiger partial charge in [0.2, 0.25) is 10.9 Å². The van der Waals surface area contributed by atoms with Gasteiger partial charge >= 0.3 is 23.0 Å². The van der Waals surface area contributed by atoms with Crippen LogP contribution in [-0.4, -0.2) is 141 Å². The quantitative estimate of drug-likeness (QED) is 0.0599. The van der Waals surface area contributed by atoms with E-state index in [4.69, 9.17) is 37.2 Å². The predicted octanol–water partition coefficient (Wildman–Crippen LogP) is 18.2. The van der Waals surface area contributed by atoms with Gasteiger partial charge in [-0.25, -0.2) is 19.5 Å². The molecule has 6 saturated heterocycles. The normalized spacial score (nSPS) is 26.0. The highest BCUT2D eigenvalue weighted by Gasteiger charge is 2.47. The molecule has 110 heavy (non-hydrogen) atoms. The second-order valence-electron chi connectivity index (χ2n) is 31.8. The van der Waals surface area contributed by atoms with Gasteiger partial charge in [0.25, 0.3) is 16.7 Å². The monoisotopic (exact) mass is 1600 g/mol. The summed E-state index contributed by atoms with van der Waals surface area (Å²) in [5, 5.41) is 0.108. The van der Waals surface area contributed by atoms with Gasteiger partial charge in [-0.2, -0.15) is 0 Å². The molecule has 3 aliphatic carbocycles. The van der Waals surface area contributed by atoms with Gasteiger partial charge in [0, 0.05) is 75.5 Å². The molecule has 6 bridgehead atoms. The Hall–Kier alpha value is -4.78. The molecule has 9 atom stereocenters. The number of phosphoric acid groups is 1. The largest absolute Gasteiger partial charge is 0.474 e. The van der Waals surface area contributed by atoms with Crippen molar-refractivity contribution < 1.29 is 49.1 Å². The van der Waals surface area contributed by atoms with Gasteiger partial charge in [0.15, 0.2) is 5.15 Å². The zero-order valence-electron chi connectivity index (χ0n) is 68.1. The molecule has 3 saturated carbocycles. The Labute approximate surface area is 660 Å². The van der Waals surface area contributed by atoms with Crippen molar-refractivity contribution in [2.45, 2.75) is 338 Å². The van der Waals surface area contributed by atoms with Gasteiger partial charge < -0.3 is 32.5 Å². The van der Waals surface area contributed by atoms with E-state index in [1.807, 2.05) is 69.8 Å². The molecule has 3 unspecified atom stereocenters. The number of fused-ring (bicyclic) bond motifs is 9. The van der Waals surface area contributed by atoms with Crippen LogP contribution in [0, 0.1) is 12.8 Å². The third-order valence-corrected chi connectivity index (χ3v) is 29.7. The number of nitrogens with zero attached hydrogens (tertiary/aromatic N) is 9. The van der Waals surface area contributed by atoms with Crippen molar-refractivity contribution in [1.29, 1.82) is 0 Å². The highest BCUT2D eigenvalue weighted by Crippen LogP contribution is 2.51. The molecule has 3 aromatic carbocycles. The average Bonchev–Trinajstić information content (AvgIpc) is 0.758. The molecule has 6 aliphatic heterocycles. The third-order valence-electron chi connectivity index (χ3n) is 24.9. The van der Waals surface area contributed by atoms with Gasteiger partial charge in [-0.3, -0.25) is 51.8 Å². The number of terminal acetylenes is 1. The SMILES string of the molecule is C#C.CCOP(=O)(OCC)OCC.CCOP(=O)(OCC)c1nc2ccccc2n(C2C[C@H]3CCC[C@@H](C2)N3C2CCCCCCC2)c1=O.O=c1c(Cl)nc2ccccc2n1C1C[C@H]2CCC[C@@H](C1)N2C1CCCCCCC1.O=c1c(P(=O)(O)O)nc2ccccc2n1C1C[C@H]2CCC[C@@H](C1)N2C1CCCCCCC1.[2H][2H]. The highest BCUT2D eigenvalue weighted by molar-refractivity contribution is 7.62. The maximum Gasteiger partial charge on any atom is 0.474 e. The van der Waals surface area contributed by atoms with Crippen molar-refractivity contribution in [2.24, 2.45) is 0 Å². The molecular weight excluding hydrogens is 1470 g/mol. The lowest BCUT2D eigenvalue weighted by molar-refractivity contribution is -0.0247. The molecule has 26 heteroatoms. The van der Waals surface area contributed by atoms with Crippen LogP contribution >= 0.6 is 34.6 Å². The van der Waals surface area contributed by atoms with E-state index in [1.54, 1.807) is 51.3 Å². The fourth-order valence-electron chi connectivity index (χ4n) is 20.7. The zero-order chi connectivity index (χ0) is 80.0. The van der Waals surface area contributed by atoms with Crippen LogP contribution in [0.2, 0.25) is 5.15 Å². The number of piperidine rings is 6. The van der Waals surface area contributed by atoms with Crippen molar-refractivity contribution in [3.05, 3.63) is 109 Å². The van der Waals surface area contributed by atoms with Gasteiger partial charge in [-0.1, -0.05) is 164 Å². The Kier molecular flexibility index (Phi) is 31.7. The van der Waals surface area contributed by atoms with E-state index >= 15 is 0 Å². The van der Waals surface area contributed by atoms with Crippen LogP contribution in [0.5, 0.6) is 0 Å². The van der Waals surface area contributed by atoms with E-state index in [2.05, 4.69) is 42.5 Å². The van der Waals surface area contributed by atoms with Crippen molar-refractivity contribution in [1.82, 2.24) is 43.4 Å². The molecule has 608 valence electrons. The standard InChI is InChI=1S/C28H42N3O4P.C24H32ClN3O.C24H34N3O4P.C6H15O4P.C2H2.H2/c1-3-34-36(33,35-4-2)27-28(32)31(26-18-11-10-17-25(26)29-27)24-19-22-15-12-16-23(20-24)30(22)21-13-8-6-5-7-9-14-21;25-23-24(29)28(22-14-7-6-13-21(22)26-23)20-15-18-11-8-12-19(16-20)27(18)17-9-4-2-1-3-5-10-17;28-24-23(32(29,30)31)25-21-13-6-7-14-22(21)27(24)20-15-18-11-8-12-19(16-20)26(18)17-9-4-2-1-3-5-10-17;1-4-8-11(7,9-5-2)10-6-3;1-2;/h10-11,17-18,21-24H,3-9,12-16,19-20H2,1-2H3;6-7,13-14,17-20H,1-5,8-12,15-16H2;6-7,13-14,17-20H,1-5,8-12,15-16H2,(H2,29,30,31);4-6H2,1-3H3;1-2H;1H/t22-,23+,24?;2*18-,19+,20?;;;/i;;;;;1+1D. The molecular formula is C84H127ClN9O13P3. The van der Waals surface area contributed by atoms with Crippen molar-refractivity contribution >= 4 is 78.6 Å². The first kappa shape index (κ1) is 84.6. The molecule has 15 rings (SSSR count). The first-order chi connectivity index (χ1) is 54.4. The Morgan fingerprint density at radius 1 is 0.373 bits per heavy atom. The van der Waals surface area contributed by atoms with E-state index in [0.717, 1.165) is 74.0 Å². The summed E-state index contributed by atoms with van der Waals surface area (Å²) >= 11 is 6.26. The topological polar surface area (TPSA) is 252 Å². The van der Waals surface area contributed by atoms with Crippen LogP contribution in [0.4, 0.5) is 0 Å². The van der Waals surface area contributed by atoms with Crippen molar-refractivity contribution in [2.75, 3.05) is 33.0 Å². The van der Waals surface area contributed by atoms with Gasteiger partial charge in [0.05, 0.1) is 66.1 Å². The number of para-hydroxylation sites is 6. The average molecular weight is 1600 g/mol. The lowest BCUT2D eigenvalue weighted by atomic mass is 9.79. The van der Waals surface area contributed by atoms with Crippen LogP contribution in [0.3, 0.4) is 0 Å². The number of phosphoric ester groups is 1. The number of hydrogen-bond donors (Lipinski definition) is 2. The molecule has 0 radical (unpaired) electrons. The summed E-state index contributed by atoms with van der Waals surface area (Å²) < 4.78 is 78.2. The van der Waals surface area contributed by atoms with Gasteiger partial charge in [-0.15, -0.1) is 12.8 Å². The molecule has 22 nitrogen and oxygen atoms in total. The smallest absolute Gasteiger partial charge is 0.320 e. The third kappa shape index (κ3) is 20.7. The highest BCUT2D eigenvalue weighted by atomic mass is 35.5. The molecule has 0 amide bonds. The minimum atomic E-state index is -4.76. The molecule has 9 aliphatic rings. The van der Waals surface area contributed by atoms with Crippen LogP contribution in [0.15, 0.2) is 87.2 Å². The second kappa shape index (κ2) is 41.2. The van der Waals surface area contributed by atoms with Crippen molar-refractivity contribution in [3.63, 3.8) is 0 Å². The molecule has 2 N–H and O–H groups in total. The fourth-order valence-corrected chi connectivity index (χ4v) is 24.3. The lowest BCUT2D eigenvalue weighted by Gasteiger charge is -2.53. The van der Waals surface area contributed by atoms with Crippen molar-refractivity contribution in [3.8, 4) is 12.8 Å². The number of aromatic nitrogens is 6. The Morgan fingerprint density at radius 2 is 0.627 bits per heavy atom. The lowest BCUT2D eigenvalue weighted by Crippen LogP contribution is -2.57. The van der Waals surface area contributed by atoms with E-state index in [9.17, 15) is 37.9 Å². The maximum absolute atomic E-state index is 14.0. The molecule has 0 spiro atoms. The van der Waals surface area contributed by atoms with E-state index in [0.29, 0.717) is 84.7 Å².